The second kappa shape index (κ2) is 11.0. The number of anilines is 1. The van der Waals surface area contributed by atoms with E-state index in [1.165, 1.54) is 55.7 Å². The number of rotatable bonds is 9. The molecule has 0 aromatic heterocycles. The van der Waals surface area contributed by atoms with Crippen LogP contribution in [0.5, 0.6) is 17.2 Å². The van der Waals surface area contributed by atoms with Crippen molar-refractivity contribution in [3.05, 3.63) is 96.1 Å². The average molecular weight is 491 g/mol. The average Bonchev–Trinajstić information content (AvgIpc) is 2.85. The highest BCUT2D eigenvalue weighted by Gasteiger charge is 2.22. The molecular weight excluding hydrogens is 468 g/mol. The minimum atomic E-state index is -4.14. The summed E-state index contributed by atoms with van der Waals surface area (Å²) < 4.78 is 36.4. The first kappa shape index (κ1) is 25.1. The van der Waals surface area contributed by atoms with Gasteiger partial charge in [-0.2, -0.15) is 13.7 Å². The molecule has 0 saturated heterocycles. The smallest absolute Gasteiger partial charge is 0.339 e. The highest BCUT2D eigenvalue weighted by molar-refractivity contribution is 7.87. The number of phenols is 1. The highest BCUT2D eigenvalue weighted by atomic mass is 32.2. The van der Waals surface area contributed by atoms with Gasteiger partial charge in [0.2, 0.25) is 0 Å². The Morgan fingerprint density at radius 1 is 1.14 bits per heavy atom. The van der Waals surface area contributed by atoms with Crippen molar-refractivity contribution in [3.8, 4) is 23.3 Å². The molecule has 2 N–H and O–H groups in total. The van der Waals surface area contributed by atoms with Crippen LogP contribution in [0.4, 0.5) is 5.69 Å². The van der Waals surface area contributed by atoms with Gasteiger partial charge in [0.25, 0.3) is 5.91 Å². The van der Waals surface area contributed by atoms with Crippen molar-refractivity contribution in [3.63, 3.8) is 0 Å². The molecule has 0 radical (unpaired) electrons. The van der Waals surface area contributed by atoms with Gasteiger partial charge in [0.15, 0.2) is 11.5 Å². The maximum atomic E-state index is 12.8. The highest BCUT2D eigenvalue weighted by Crippen LogP contribution is 2.36. The number of methoxy groups -OCH3 is 1. The number of carbonyl (C=O) groups is 1. The van der Waals surface area contributed by atoms with E-state index in [1.807, 2.05) is 6.07 Å². The van der Waals surface area contributed by atoms with Crippen LogP contribution in [0.25, 0.3) is 6.08 Å². The van der Waals surface area contributed by atoms with Gasteiger partial charge < -0.3 is 19.3 Å². The standard InChI is InChI=1S/C26H22N2O6S/c1-3-7-19-14-18(15-20(17-27)26(30)28-21-10-12-22(29)13-11-21)16-24(33-2)25(19)34-35(31,32)23-8-5-4-6-9-23/h3-6,8-16,29H,1,7H2,2H3,(H,28,30)/b20-15+. The van der Waals surface area contributed by atoms with Gasteiger partial charge in [0.05, 0.1) is 7.11 Å². The number of aromatic hydroxyl groups is 1. The Morgan fingerprint density at radius 3 is 2.43 bits per heavy atom. The normalized spacial score (nSPS) is 11.3. The maximum absolute atomic E-state index is 12.8. The van der Waals surface area contributed by atoms with Crippen LogP contribution in [0.1, 0.15) is 11.1 Å². The number of ether oxygens (including phenoxy) is 1. The lowest BCUT2D eigenvalue weighted by molar-refractivity contribution is -0.112. The van der Waals surface area contributed by atoms with Gasteiger partial charge in [0, 0.05) is 11.3 Å². The molecule has 8 nitrogen and oxygen atoms in total. The summed E-state index contributed by atoms with van der Waals surface area (Å²) in [6, 6.07) is 18.4. The van der Waals surface area contributed by atoms with Gasteiger partial charge in [-0.15, -0.1) is 6.58 Å². The molecule has 1 amide bonds. The molecule has 0 aliphatic rings. The third-order valence-corrected chi connectivity index (χ3v) is 6.00. The fraction of sp³-hybridized carbons (Fsp3) is 0.0769. The van der Waals surface area contributed by atoms with Crippen LogP contribution >= 0.6 is 0 Å². The quantitative estimate of drug-likeness (QED) is 0.149. The fourth-order valence-electron chi connectivity index (χ4n) is 3.12. The lowest BCUT2D eigenvalue weighted by atomic mass is 10.0. The molecule has 0 spiro atoms. The monoisotopic (exact) mass is 490 g/mol. The van der Waals surface area contributed by atoms with Crippen LogP contribution in [0.3, 0.4) is 0 Å². The summed E-state index contributed by atoms with van der Waals surface area (Å²) >= 11 is 0. The number of benzene rings is 3. The van der Waals surface area contributed by atoms with E-state index in [0.717, 1.165) is 0 Å². The van der Waals surface area contributed by atoms with Gasteiger partial charge in [-0.1, -0.05) is 24.3 Å². The van der Waals surface area contributed by atoms with Crippen LogP contribution in [0.15, 0.2) is 89.9 Å². The molecule has 0 unspecified atom stereocenters. The molecule has 0 fully saturated rings. The van der Waals surface area contributed by atoms with Crippen LogP contribution in [-0.4, -0.2) is 26.5 Å². The molecule has 0 aliphatic carbocycles. The first-order chi connectivity index (χ1) is 16.8. The predicted octanol–water partition coefficient (Wildman–Crippen LogP) is 4.44. The summed E-state index contributed by atoms with van der Waals surface area (Å²) in [7, 11) is -2.79. The molecule has 0 aliphatic heterocycles. The van der Waals surface area contributed by atoms with E-state index < -0.39 is 16.0 Å². The van der Waals surface area contributed by atoms with E-state index in [-0.39, 0.29) is 34.1 Å². The molecule has 3 aromatic carbocycles. The Bertz CT molecular complexity index is 1410. The summed E-state index contributed by atoms with van der Waals surface area (Å²) in [4.78, 5) is 12.6. The lowest BCUT2D eigenvalue weighted by Gasteiger charge is -2.15. The second-order valence-corrected chi connectivity index (χ2v) is 8.77. The number of phenolic OH excluding ortho intramolecular Hbond substituents is 1. The summed E-state index contributed by atoms with van der Waals surface area (Å²) in [5.74, 6) is -0.529. The van der Waals surface area contributed by atoms with Crippen molar-refractivity contribution in [1.29, 1.82) is 5.26 Å². The minimum absolute atomic E-state index is 0.0135. The molecule has 0 atom stereocenters. The fourth-order valence-corrected chi connectivity index (χ4v) is 4.12. The number of nitrogens with zero attached hydrogens (tertiary/aromatic N) is 1. The lowest BCUT2D eigenvalue weighted by Crippen LogP contribution is -2.13. The van der Waals surface area contributed by atoms with Gasteiger partial charge in [-0.25, -0.2) is 0 Å². The van der Waals surface area contributed by atoms with E-state index in [9.17, 15) is 23.6 Å². The molecule has 35 heavy (non-hydrogen) atoms. The van der Waals surface area contributed by atoms with Gasteiger partial charge in [0.1, 0.15) is 22.3 Å². The minimum Gasteiger partial charge on any atom is -0.508 e. The van der Waals surface area contributed by atoms with Gasteiger partial charge in [-0.3, -0.25) is 4.79 Å². The Labute approximate surface area is 203 Å². The third kappa shape index (κ3) is 6.28. The van der Waals surface area contributed by atoms with Crippen LogP contribution in [0, 0.1) is 11.3 Å². The summed E-state index contributed by atoms with van der Waals surface area (Å²) in [5.41, 5.74) is 1.05. The summed E-state index contributed by atoms with van der Waals surface area (Å²) in [6.07, 6.45) is 3.15. The van der Waals surface area contributed by atoms with Crippen LogP contribution < -0.4 is 14.2 Å². The molecule has 3 aromatic rings. The van der Waals surface area contributed by atoms with Gasteiger partial charge >= 0.3 is 10.1 Å². The second-order valence-electron chi connectivity index (χ2n) is 7.23. The number of carbonyl (C=O) groups excluding carboxylic acids is 1. The van der Waals surface area contributed by atoms with Crippen molar-refractivity contribution >= 4 is 27.8 Å². The van der Waals surface area contributed by atoms with Crippen molar-refractivity contribution in [2.45, 2.75) is 11.3 Å². The number of hydrogen-bond donors (Lipinski definition) is 2. The van der Waals surface area contributed by atoms with Crippen molar-refractivity contribution in [2.24, 2.45) is 0 Å². The SMILES string of the molecule is C=CCc1cc(/C=C(\C#N)C(=O)Nc2ccc(O)cc2)cc(OC)c1OS(=O)(=O)c1ccccc1. The molecule has 3 rings (SSSR count). The van der Waals surface area contributed by atoms with E-state index >= 15 is 0 Å². The molecule has 0 heterocycles. The van der Waals surface area contributed by atoms with Crippen LogP contribution in [0.2, 0.25) is 0 Å². The van der Waals surface area contributed by atoms with Gasteiger partial charge in [-0.05, 0) is 66.6 Å². The number of nitrogens with one attached hydrogen (secondary N) is 1. The molecule has 178 valence electrons. The first-order valence-electron chi connectivity index (χ1n) is 10.3. The summed E-state index contributed by atoms with van der Waals surface area (Å²) in [6.45, 7) is 3.70. The number of nitriles is 1. The number of allylic oxidation sites excluding steroid dienone is 1. The van der Waals surface area contributed by atoms with Crippen molar-refractivity contribution in [1.82, 2.24) is 0 Å². The molecular formula is C26H22N2O6S. The maximum Gasteiger partial charge on any atom is 0.339 e. The van der Waals surface area contributed by atoms with E-state index in [1.54, 1.807) is 30.3 Å². The zero-order valence-corrected chi connectivity index (χ0v) is 19.6. The zero-order valence-electron chi connectivity index (χ0n) is 18.8. The van der Waals surface area contributed by atoms with Crippen molar-refractivity contribution < 1.29 is 27.2 Å². The Balaban J connectivity index is 1.98. The first-order valence-corrected chi connectivity index (χ1v) is 11.7. The third-order valence-electron chi connectivity index (χ3n) is 4.76. The number of hydrogen-bond acceptors (Lipinski definition) is 7. The van der Waals surface area contributed by atoms with E-state index in [0.29, 0.717) is 16.8 Å². The number of amides is 1. The molecule has 0 saturated carbocycles. The van der Waals surface area contributed by atoms with E-state index in [2.05, 4.69) is 11.9 Å². The molecule has 9 heteroatoms. The topological polar surface area (TPSA) is 126 Å². The van der Waals surface area contributed by atoms with Crippen LogP contribution in [-0.2, 0) is 21.3 Å². The largest absolute Gasteiger partial charge is 0.508 e. The zero-order chi connectivity index (χ0) is 25.4. The van der Waals surface area contributed by atoms with E-state index in [4.69, 9.17) is 8.92 Å². The summed E-state index contributed by atoms with van der Waals surface area (Å²) in [5, 5.41) is 21.5. The Morgan fingerprint density at radius 2 is 1.83 bits per heavy atom. The Kier molecular flexibility index (Phi) is 7.92. The predicted molar refractivity (Wildman–Crippen MR) is 131 cm³/mol. The molecule has 0 bridgehead atoms. The Hall–Kier alpha value is -4.55. The van der Waals surface area contributed by atoms with Crippen molar-refractivity contribution in [2.75, 3.05) is 12.4 Å².